The first kappa shape index (κ1) is 15.5. The molecule has 0 heterocycles. The summed E-state index contributed by atoms with van der Waals surface area (Å²) in [5.74, 6) is 0. The summed E-state index contributed by atoms with van der Waals surface area (Å²) < 4.78 is 5.17. The molecule has 0 aliphatic heterocycles. The molecule has 2 N–H and O–H groups in total. The number of hydroxylamine groups is 1. The average molecular weight is 266 g/mol. The highest BCUT2D eigenvalue weighted by atomic mass is 16.6. The SMILES string of the molecule is CONCc1cccc(CNC(=O)OC(C)(C)C)c1. The first-order valence-corrected chi connectivity index (χ1v) is 6.21. The zero-order valence-electron chi connectivity index (χ0n) is 11.9. The number of hydrogen-bond donors (Lipinski definition) is 2. The minimum absolute atomic E-state index is 0.409. The van der Waals surface area contributed by atoms with Crippen molar-refractivity contribution in [2.24, 2.45) is 0 Å². The van der Waals surface area contributed by atoms with Crippen LogP contribution < -0.4 is 10.8 Å². The zero-order valence-corrected chi connectivity index (χ0v) is 11.9. The summed E-state index contributed by atoms with van der Waals surface area (Å²) in [7, 11) is 1.58. The Kier molecular flexibility index (Phi) is 5.79. The summed E-state index contributed by atoms with van der Waals surface area (Å²) in [6, 6.07) is 7.89. The quantitative estimate of drug-likeness (QED) is 0.803. The highest BCUT2D eigenvalue weighted by molar-refractivity contribution is 5.67. The van der Waals surface area contributed by atoms with E-state index in [1.807, 2.05) is 45.0 Å². The van der Waals surface area contributed by atoms with Crippen LogP contribution in [0.2, 0.25) is 0 Å². The molecule has 0 radical (unpaired) electrons. The molecule has 0 atom stereocenters. The highest BCUT2D eigenvalue weighted by Crippen LogP contribution is 2.08. The van der Waals surface area contributed by atoms with E-state index >= 15 is 0 Å². The van der Waals surface area contributed by atoms with Gasteiger partial charge in [-0.05, 0) is 31.9 Å². The van der Waals surface area contributed by atoms with E-state index < -0.39 is 11.7 Å². The summed E-state index contributed by atoms with van der Waals surface area (Å²) in [5, 5.41) is 2.73. The molecular weight excluding hydrogens is 244 g/mol. The minimum atomic E-state index is -0.478. The van der Waals surface area contributed by atoms with Gasteiger partial charge in [0.1, 0.15) is 5.60 Å². The van der Waals surface area contributed by atoms with Crippen molar-refractivity contribution in [2.75, 3.05) is 7.11 Å². The Morgan fingerprint density at radius 3 is 2.42 bits per heavy atom. The maximum Gasteiger partial charge on any atom is 0.407 e. The lowest BCUT2D eigenvalue weighted by Crippen LogP contribution is -2.32. The first-order valence-electron chi connectivity index (χ1n) is 6.21. The van der Waals surface area contributed by atoms with Crippen LogP contribution in [0.5, 0.6) is 0 Å². The van der Waals surface area contributed by atoms with Crippen molar-refractivity contribution in [2.45, 2.75) is 39.5 Å². The number of benzene rings is 1. The van der Waals surface area contributed by atoms with Crippen LogP contribution in [0.25, 0.3) is 0 Å². The molecule has 0 bridgehead atoms. The fourth-order valence-corrected chi connectivity index (χ4v) is 1.49. The summed E-state index contributed by atoms with van der Waals surface area (Å²) in [6.07, 6.45) is -0.409. The number of carbonyl (C=O) groups is 1. The Bertz CT molecular complexity index is 413. The van der Waals surface area contributed by atoms with Crippen LogP contribution in [-0.2, 0) is 22.7 Å². The van der Waals surface area contributed by atoms with E-state index in [4.69, 9.17) is 9.57 Å². The average Bonchev–Trinajstić information content (AvgIpc) is 2.32. The number of hydrogen-bond acceptors (Lipinski definition) is 4. The molecule has 0 saturated heterocycles. The summed E-state index contributed by atoms with van der Waals surface area (Å²) in [6.45, 7) is 6.57. The maximum absolute atomic E-state index is 11.5. The van der Waals surface area contributed by atoms with Crippen LogP contribution in [0.3, 0.4) is 0 Å². The van der Waals surface area contributed by atoms with Crippen LogP contribution in [0.15, 0.2) is 24.3 Å². The Balaban J connectivity index is 2.46. The third-order valence-corrected chi connectivity index (χ3v) is 2.25. The van der Waals surface area contributed by atoms with Gasteiger partial charge in [0.05, 0.1) is 7.11 Å². The van der Waals surface area contributed by atoms with Gasteiger partial charge >= 0.3 is 6.09 Å². The molecule has 1 aromatic carbocycles. The number of nitrogens with one attached hydrogen (secondary N) is 2. The second-order valence-corrected chi connectivity index (χ2v) is 5.20. The maximum atomic E-state index is 11.5. The van der Waals surface area contributed by atoms with Crippen molar-refractivity contribution < 1.29 is 14.4 Å². The van der Waals surface area contributed by atoms with Gasteiger partial charge in [0.25, 0.3) is 0 Å². The molecule has 0 aliphatic rings. The molecule has 0 unspecified atom stereocenters. The van der Waals surface area contributed by atoms with Gasteiger partial charge in [0.2, 0.25) is 0 Å². The van der Waals surface area contributed by atoms with Gasteiger partial charge in [-0.3, -0.25) is 0 Å². The Morgan fingerprint density at radius 1 is 1.21 bits per heavy atom. The third-order valence-electron chi connectivity index (χ3n) is 2.25. The molecule has 0 spiro atoms. The molecular formula is C14H22N2O3. The van der Waals surface area contributed by atoms with Crippen molar-refractivity contribution in [3.8, 4) is 0 Å². The largest absolute Gasteiger partial charge is 0.444 e. The topological polar surface area (TPSA) is 59.6 Å². The molecule has 5 heteroatoms. The minimum Gasteiger partial charge on any atom is -0.444 e. The van der Waals surface area contributed by atoms with Crippen LogP contribution in [-0.4, -0.2) is 18.8 Å². The molecule has 0 aliphatic carbocycles. The molecule has 0 fully saturated rings. The Morgan fingerprint density at radius 2 is 1.84 bits per heavy atom. The monoisotopic (exact) mass is 266 g/mol. The predicted octanol–water partition coefficient (Wildman–Crippen LogP) is 2.36. The van der Waals surface area contributed by atoms with Crippen molar-refractivity contribution in [3.63, 3.8) is 0 Å². The van der Waals surface area contributed by atoms with Gasteiger partial charge in [-0.25, -0.2) is 4.79 Å². The summed E-state index contributed by atoms with van der Waals surface area (Å²) in [4.78, 5) is 16.3. The van der Waals surface area contributed by atoms with Crippen LogP contribution in [0, 0.1) is 0 Å². The van der Waals surface area contributed by atoms with Crippen molar-refractivity contribution in [1.82, 2.24) is 10.8 Å². The first-order chi connectivity index (χ1) is 8.90. The summed E-state index contributed by atoms with van der Waals surface area (Å²) >= 11 is 0. The van der Waals surface area contributed by atoms with E-state index in [0.29, 0.717) is 13.1 Å². The van der Waals surface area contributed by atoms with Crippen molar-refractivity contribution >= 4 is 6.09 Å². The van der Waals surface area contributed by atoms with Gasteiger partial charge in [-0.2, -0.15) is 5.48 Å². The lowest BCUT2D eigenvalue weighted by molar-refractivity contribution is 0.0523. The van der Waals surface area contributed by atoms with E-state index in [1.165, 1.54) is 0 Å². The van der Waals surface area contributed by atoms with Crippen LogP contribution in [0.4, 0.5) is 4.79 Å². The number of ether oxygens (including phenoxy) is 1. The number of alkyl carbamates (subject to hydrolysis) is 1. The number of rotatable bonds is 5. The Labute approximate surface area is 114 Å². The van der Waals surface area contributed by atoms with Gasteiger partial charge in [-0.15, -0.1) is 0 Å². The fraction of sp³-hybridized carbons (Fsp3) is 0.500. The predicted molar refractivity (Wildman–Crippen MR) is 73.4 cm³/mol. The van der Waals surface area contributed by atoms with Crippen LogP contribution >= 0.6 is 0 Å². The molecule has 106 valence electrons. The van der Waals surface area contributed by atoms with E-state index in [0.717, 1.165) is 11.1 Å². The zero-order chi connectivity index (χ0) is 14.3. The lowest BCUT2D eigenvalue weighted by Gasteiger charge is -2.19. The second kappa shape index (κ2) is 7.11. The smallest absolute Gasteiger partial charge is 0.407 e. The van der Waals surface area contributed by atoms with Gasteiger partial charge in [0, 0.05) is 13.1 Å². The van der Waals surface area contributed by atoms with E-state index in [2.05, 4.69) is 10.8 Å². The van der Waals surface area contributed by atoms with Crippen molar-refractivity contribution in [1.29, 1.82) is 0 Å². The normalized spacial score (nSPS) is 11.2. The fourth-order valence-electron chi connectivity index (χ4n) is 1.49. The Hall–Kier alpha value is -1.59. The molecule has 1 rings (SSSR count). The molecule has 1 amide bonds. The van der Waals surface area contributed by atoms with Crippen LogP contribution in [0.1, 0.15) is 31.9 Å². The van der Waals surface area contributed by atoms with Gasteiger partial charge in [-0.1, -0.05) is 24.3 Å². The number of amides is 1. The van der Waals surface area contributed by atoms with Gasteiger partial charge in [0.15, 0.2) is 0 Å². The van der Waals surface area contributed by atoms with Crippen molar-refractivity contribution in [3.05, 3.63) is 35.4 Å². The standard InChI is InChI=1S/C14H22N2O3/c1-14(2,3)19-13(17)15-9-11-6-5-7-12(8-11)10-16-18-4/h5-8,16H,9-10H2,1-4H3,(H,15,17). The molecule has 19 heavy (non-hydrogen) atoms. The summed E-state index contributed by atoms with van der Waals surface area (Å²) in [5.41, 5.74) is 4.40. The highest BCUT2D eigenvalue weighted by Gasteiger charge is 2.15. The van der Waals surface area contributed by atoms with Gasteiger partial charge < -0.3 is 14.9 Å². The number of carbonyl (C=O) groups excluding carboxylic acids is 1. The van der Waals surface area contributed by atoms with E-state index in [1.54, 1.807) is 7.11 Å². The van der Waals surface area contributed by atoms with E-state index in [9.17, 15) is 4.79 Å². The van der Waals surface area contributed by atoms with E-state index in [-0.39, 0.29) is 0 Å². The molecule has 0 aromatic heterocycles. The lowest BCUT2D eigenvalue weighted by atomic mass is 10.1. The second-order valence-electron chi connectivity index (χ2n) is 5.20. The molecule has 1 aromatic rings. The molecule has 0 saturated carbocycles. The molecule has 5 nitrogen and oxygen atoms in total. The third kappa shape index (κ3) is 6.79.